The highest BCUT2D eigenvalue weighted by molar-refractivity contribution is 5.73. The van der Waals surface area contributed by atoms with Crippen LogP contribution >= 0.6 is 0 Å². The van der Waals surface area contributed by atoms with E-state index < -0.39 is 12.0 Å². The number of ether oxygens (including phenoxy) is 2. The molecule has 5 heteroatoms. The molecule has 140 valence electrons. The Hall–Kier alpha value is -2.53. The van der Waals surface area contributed by atoms with Gasteiger partial charge in [0.1, 0.15) is 6.04 Å². The lowest BCUT2D eigenvalue weighted by molar-refractivity contribution is -0.139. The van der Waals surface area contributed by atoms with Gasteiger partial charge in [-0.15, -0.1) is 0 Å². The van der Waals surface area contributed by atoms with E-state index in [0.29, 0.717) is 31.9 Å². The molecule has 0 amide bonds. The molecule has 0 saturated carbocycles. The van der Waals surface area contributed by atoms with Crippen molar-refractivity contribution in [3.8, 4) is 11.5 Å². The predicted molar refractivity (Wildman–Crippen MR) is 102 cm³/mol. The van der Waals surface area contributed by atoms with Crippen LogP contribution in [0, 0.1) is 0 Å². The summed E-state index contributed by atoms with van der Waals surface area (Å²) in [6, 6.07) is 14.7. The number of rotatable bonds is 11. The smallest absolute Gasteiger partial charge is 0.321 e. The summed E-state index contributed by atoms with van der Waals surface area (Å²) < 4.78 is 11.4. The zero-order valence-corrected chi connectivity index (χ0v) is 15.4. The van der Waals surface area contributed by atoms with Crippen LogP contribution in [0.5, 0.6) is 11.5 Å². The van der Waals surface area contributed by atoms with Gasteiger partial charge in [-0.1, -0.05) is 43.3 Å². The van der Waals surface area contributed by atoms with Crippen molar-refractivity contribution in [2.45, 2.75) is 39.3 Å². The van der Waals surface area contributed by atoms with Crippen LogP contribution in [0.3, 0.4) is 0 Å². The van der Waals surface area contributed by atoms with E-state index in [9.17, 15) is 9.90 Å². The summed E-state index contributed by atoms with van der Waals surface area (Å²) in [7, 11) is 0. The van der Waals surface area contributed by atoms with Gasteiger partial charge in [0.2, 0.25) is 0 Å². The quantitative estimate of drug-likeness (QED) is 0.642. The van der Waals surface area contributed by atoms with Crippen molar-refractivity contribution < 1.29 is 19.4 Å². The number of hydrogen-bond donors (Lipinski definition) is 2. The molecule has 2 aromatic rings. The van der Waals surface area contributed by atoms with Gasteiger partial charge in [0.05, 0.1) is 13.2 Å². The minimum Gasteiger partial charge on any atom is -0.490 e. The number of benzene rings is 2. The van der Waals surface area contributed by atoms with Gasteiger partial charge < -0.3 is 19.9 Å². The summed E-state index contributed by atoms with van der Waals surface area (Å²) in [5, 5.41) is 12.6. The Balaban J connectivity index is 2.03. The van der Waals surface area contributed by atoms with Gasteiger partial charge in [0.25, 0.3) is 0 Å². The van der Waals surface area contributed by atoms with E-state index >= 15 is 0 Å². The second-order valence-corrected chi connectivity index (χ2v) is 6.02. The molecule has 2 N–H and O–H groups in total. The van der Waals surface area contributed by atoms with Gasteiger partial charge in [0, 0.05) is 6.54 Å². The Labute approximate surface area is 155 Å². The standard InChI is InChI=1S/C21H27NO4/c1-3-12-26-19-11-10-17(14-20(19)25-4-2)15-22-18(21(23)24)13-16-8-6-5-7-9-16/h5-11,14,18,22H,3-4,12-13,15H2,1-2H3,(H,23,24)/t18-/m1/s1. The third kappa shape index (κ3) is 6.08. The molecule has 0 aliphatic heterocycles. The largest absolute Gasteiger partial charge is 0.490 e. The van der Waals surface area contributed by atoms with Crippen molar-refractivity contribution in [2.75, 3.05) is 13.2 Å². The fourth-order valence-corrected chi connectivity index (χ4v) is 2.60. The summed E-state index contributed by atoms with van der Waals surface area (Å²) in [5.74, 6) is 0.550. The van der Waals surface area contributed by atoms with Crippen LogP contribution in [-0.4, -0.2) is 30.3 Å². The topological polar surface area (TPSA) is 67.8 Å². The second kappa shape index (κ2) is 10.5. The van der Waals surface area contributed by atoms with E-state index in [4.69, 9.17) is 9.47 Å². The molecule has 0 unspecified atom stereocenters. The van der Waals surface area contributed by atoms with Crippen molar-refractivity contribution in [2.24, 2.45) is 0 Å². The summed E-state index contributed by atoms with van der Waals surface area (Å²) in [4.78, 5) is 11.6. The Kier molecular flexibility index (Phi) is 7.96. The molecular formula is C21H27NO4. The van der Waals surface area contributed by atoms with Crippen LogP contribution in [0.15, 0.2) is 48.5 Å². The van der Waals surface area contributed by atoms with Crippen molar-refractivity contribution >= 4 is 5.97 Å². The van der Waals surface area contributed by atoms with Crippen molar-refractivity contribution in [3.05, 3.63) is 59.7 Å². The molecule has 0 aliphatic carbocycles. The maximum atomic E-state index is 11.6. The number of aliphatic carboxylic acids is 1. The molecule has 0 fully saturated rings. The first-order valence-corrected chi connectivity index (χ1v) is 9.02. The van der Waals surface area contributed by atoms with Gasteiger partial charge >= 0.3 is 5.97 Å². The number of carboxylic acid groups (broad SMARTS) is 1. The van der Waals surface area contributed by atoms with E-state index in [-0.39, 0.29) is 0 Å². The average molecular weight is 357 g/mol. The Morgan fingerprint density at radius 3 is 2.46 bits per heavy atom. The first-order chi connectivity index (χ1) is 12.6. The Morgan fingerprint density at radius 1 is 1.04 bits per heavy atom. The normalized spacial score (nSPS) is 11.8. The SMILES string of the molecule is CCCOc1ccc(CN[C@H](Cc2ccccc2)C(=O)O)cc1OCC. The van der Waals surface area contributed by atoms with Gasteiger partial charge in [-0.25, -0.2) is 0 Å². The van der Waals surface area contributed by atoms with Gasteiger partial charge in [0.15, 0.2) is 11.5 Å². The minimum atomic E-state index is -0.859. The fourth-order valence-electron chi connectivity index (χ4n) is 2.60. The molecule has 26 heavy (non-hydrogen) atoms. The molecule has 2 aromatic carbocycles. The van der Waals surface area contributed by atoms with Crippen LogP contribution in [0.4, 0.5) is 0 Å². The van der Waals surface area contributed by atoms with Crippen LogP contribution < -0.4 is 14.8 Å². The van der Waals surface area contributed by atoms with Crippen molar-refractivity contribution in [1.82, 2.24) is 5.32 Å². The molecule has 0 bridgehead atoms. The van der Waals surface area contributed by atoms with Crippen LogP contribution in [-0.2, 0) is 17.8 Å². The van der Waals surface area contributed by atoms with E-state index in [2.05, 4.69) is 12.2 Å². The monoisotopic (exact) mass is 357 g/mol. The lowest BCUT2D eigenvalue weighted by Crippen LogP contribution is -2.38. The zero-order chi connectivity index (χ0) is 18.8. The molecule has 0 aromatic heterocycles. The van der Waals surface area contributed by atoms with Crippen LogP contribution in [0.25, 0.3) is 0 Å². The first-order valence-electron chi connectivity index (χ1n) is 9.02. The Bertz CT molecular complexity index is 688. The van der Waals surface area contributed by atoms with E-state index in [1.54, 1.807) is 0 Å². The van der Waals surface area contributed by atoms with Crippen LogP contribution in [0.1, 0.15) is 31.4 Å². The van der Waals surface area contributed by atoms with Crippen molar-refractivity contribution in [1.29, 1.82) is 0 Å². The first kappa shape index (κ1) is 19.8. The molecule has 0 saturated heterocycles. The minimum absolute atomic E-state index is 0.437. The third-order valence-electron chi connectivity index (χ3n) is 3.90. The average Bonchev–Trinajstić information content (AvgIpc) is 2.65. The number of carboxylic acids is 1. The molecule has 2 rings (SSSR count). The number of carbonyl (C=O) groups is 1. The summed E-state index contributed by atoms with van der Waals surface area (Å²) in [6.07, 6.45) is 1.36. The van der Waals surface area contributed by atoms with E-state index in [1.165, 1.54) is 0 Å². The highest BCUT2D eigenvalue weighted by Gasteiger charge is 2.17. The highest BCUT2D eigenvalue weighted by Crippen LogP contribution is 2.28. The maximum absolute atomic E-state index is 11.6. The van der Waals surface area contributed by atoms with Gasteiger partial charge in [-0.3, -0.25) is 4.79 Å². The van der Waals surface area contributed by atoms with E-state index in [1.807, 2.05) is 55.5 Å². The zero-order valence-electron chi connectivity index (χ0n) is 15.4. The third-order valence-corrected chi connectivity index (χ3v) is 3.90. The highest BCUT2D eigenvalue weighted by atomic mass is 16.5. The molecular weight excluding hydrogens is 330 g/mol. The summed E-state index contributed by atoms with van der Waals surface area (Å²) in [6.45, 7) is 5.60. The summed E-state index contributed by atoms with van der Waals surface area (Å²) in [5.41, 5.74) is 1.95. The maximum Gasteiger partial charge on any atom is 0.321 e. The summed E-state index contributed by atoms with van der Waals surface area (Å²) >= 11 is 0. The lowest BCUT2D eigenvalue weighted by Gasteiger charge is -2.16. The Morgan fingerprint density at radius 2 is 1.81 bits per heavy atom. The molecule has 0 heterocycles. The molecule has 0 spiro atoms. The number of hydrogen-bond acceptors (Lipinski definition) is 4. The lowest BCUT2D eigenvalue weighted by atomic mass is 10.1. The van der Waals surface area contributed by atoms with Gasteiger partial charge in [-0.05, 0) is 43.0 Å². The molecule has 0 radical (unpaired) electrons. The molecule has 1 atom stereocenters. The number of nitrogens with one attached hydrogen (secondary N) is 1. The molecule has 0 aliphatic rings. The van der Waals surface area contributed by atoms with Crippen molar-refractivity contribution in [3.63, 3.8) is 0 Å². The van der Waals surface area contributed by atoms with Gasteiger partial charge in [-0.2, -0.15) is 0 Å². The van der Waals surface area contributed by atoms with E-state index in [0.717, 1.165) is 23.3 Å². The fraction of sp³-hybridized carbons (Fsp3) is 0.381. The predicted octanol–water partition coefficient (Wildman–Crippen LogP) is 3.66. The second-order valence-electron chi connectivity index (χ2n) is 6.02. The van der Waals surface area contributed by atoms with Crippen LogP contribution in [0.2, 0.25) is 0 Å². The molecule has 5 nitrogen and oxygen atoms in total.